The first-order valence-corrected chi connectivity index (χ1v) is 7.89. The van der Waals surface area contributed by atoms with Crippen molar-refractivity contribution in [2.75, 3.05) is 13.2 Å². The smallest absolute Gasteiger partial charge is 0.213 e. The van der Waals surface area contributed by atoms with Crippen LogP contribution in [0.5, 0.6) is 5.88 Å². The van der Waals surface area contributed by atoms with Crippen LogP contribution in [0.25, 0.3) is 0 Å². The van der Waals surface area contributed by atoms with E-state index < -0.39 is 0 Å². The van der Waals surface area contributed by atoms with Crippen LogP contribution in [0.2, 0.25) is 0 Å². The van der Waals surface area contributed by atoms with Gasteiger partial charge in [0.15, 0.2) is 0 Å². The van der Waals surface area contributed by atoms with Crippen LogP contribution in [0, 0.1) is 5.82 Å². The zero-order chi connectivity index (χ0) is 16.1. The van der Waals surface area contributed by atoms with Gasteiger partial charge in [-0.2, -0.15) is 0 Å². The molecular formula is C18H21FN2O2. The summed E-state index contributed by atoms with van der Waals surface area (Å²) in [4.78, 5) is 4.24. The summed E-state index contributed by atoms with van der Waals surface area (Å²) >= 11 is 0. The Balaban J connectivity index is 1.57. The molecule has 1 aliphatic rings. The molecule has 2 atom stereocenters. The van der Waals surface area contributed by atoms with Crippen LogP contribution in [0.4, 0.5) is 4.39 Å². The lowest BCUT2D eigenvalue weighted by Crippen LogP contribution is -2.19. The fraction of sp³-hybridized carbons (Fsp3) is 0.389. The molecule has 0 saturated carbocycles. The molecule has 1 aliphatic heterocycles. The first-order chi connectivity index (χ1) is 11.2. The van der Waals surface area contributed by atoms with Gasteiger partial charge in [0.05, 0.1) is 13.2 Å². The Labute approximate surface area is 135 Å². The number of ether oxygens (including phenoxy) is 2. The monoisotopic (exact) mass is 316 g/mol. The predicted molar refractivity (Wildman–Crippen MR) is 85.7 cm³/mol. The van der Waals surface area contributed by atoms with E-state index in [1.807, 2.05) is 25.1 Å². The molecule has 4 nitrogen and oxygen atoms in total. The molecule has 1 saturated heterocycles. The van der Waals surface area contributed by atoms with E-state index in [9.17, 15) is 4.39 Å². The number of hydrogen-bond donors (Lipinski definition) is 1. The van der Waals surface area contributed by atoms with Gasteiger partial charge < -0.3 is 14.8 Å². The molecule has 0 bridgehead atoms. The zero-order valence-electron chi connectivity index (χ0n) is 13.2. The largest absolute Gasteiger partial charge is 0.472 e. The molecule has 23 heavy (non-hydrogen) atoms. The Hall–Kier alpha value is -1.98. The highest BCUT2D eigenvalue weighted by atomic mass is 19.1. The Morgan fingerprint density at radius 3 is 3.09 bits per heavy atom. The Morgan fingerprint density at radius 1 is 1.39 bits per heavy atom. The molecule has 0 unspecified atom stereocenters. The molecule has 5 heteroatoms. The van der Waals surface area contributed by atoms with E-state index in [-0.39, 0.29) is 18.0 Å². The standard InChI is InChI=1S/C18H21FN2O2/c1-13(15-3-2-4-16(19)10-15)21-11-14-5-7-20-18(9-14)23-17-6-8-22-12-17/h2-5,7,9-10,13,17,21H,6,8,11-12H2,1H3/t13-,17-/m1/s1. The van der Waals surface area contributed by atoms with Gasteiger partial charge in [0.1, 0.15) is 11.9 Å². The van der Waals surface area contributed by atoms with Crippen molar-refractivity contribution >= 4 is 0 Å². The van der Waals surface area contributed by atoms with Crippen LogP contribution in [-0.2, 0) is 11.3 Å². The van der Waals surface area contributed by atoms with Crippen molar-refractivity contribution in [1.29, 1.82) is 0 Å². The third-order valence-electron chi connectivity index (χ3n) is 3.94. The molecule has 1 fully saturated rings. The second-order valence-electron chi connectivity index (χ2n) is 5.76. The summed E-state index contributed by atoms with van der Waals surface area (Å²) in [5.41, 5.74) is 2.01. The topological polar surface area (TPSA) is 43.4 Å². The number of halogens is 1. The quantitative estimate of drug-likeness (QED) is 0.888. The molecule has 0 radical (unpaired) electrons. The van der Waals surface area contributed by atoms with Crippen molar-refractivity contribution < 1.29 is 13.9 Å². The SMILES string of the molecule is C[C@@H](NCc1ccnc(O[C@@H]2CCOC2)c1)c1cccc(F)c1. The predicted octanol–water partition coefficient (Wildman–Crippen LogP) is 3.24. The average Bonchev–Trinajstić information content (AvgIpc) is 3.06. The highest BCUT2D eigenvalue weighted by Crippen LogP contribution is 2.17. The van der Waals surface area contributed by atoms with Crippen molar-refractivity contribution in [2.24, 2.45) is 0 Å². The molecule has 0 amide bonds. The summed E-state index contributed by atoms with van der Waals surface area (Å²) in [7, 11) is 0. The van der Waals surface area contributed by atoms with Crippen LogP contribution < -0.4 is 10.1 Å². The average molecular weight is 316 g/mol. The number of benzene rings is 1. The molecule has 0 aliphatic carbocycles. The number of hydrogen-bond acceptors (Lipinski definition) is 4. The Morgan fingerprint density at radius 2 is 2.30 bits per heavy atom. The van der Waals surface area contributed by atoms with E-state index in [1.165, 1.54) is 6.07 Å². The Kier molecular flexibility index (Phi) is 5.20. The maximum Gasteiger partial charge on any atom is 0.213 e. The number of pyridine rings is 1. The lowest BCUT2D eigenvalue weighted by atomic mass is 10.1. The summed E-state index contributed by atoms with van der Waals surface area (Å²) in [6.45, 7) is 4.05. The van der Waals surface area contributed by atoms with E-state index in [4.69, 9.17) is 9.47 Å². The third-order valence-corrected chi connectivity index (χ3v) is 3.94. The van der Waals surface area contributed by atoms with E-state index in [2.05, 4.69) is 10.3 Å². The van der Waals surface area contributed by atoms with Gasteiger partial charge in [-0.1, -0.05) is 12.1 Å². The van der Waals surface area contributed by atoms with E-state index in [0.717, 1.165) is 24.2 Å². The number of aromatic nitrogens is 1. The molecular weight excluding hydrogens is 295 g/mol. The molecule has 0 spiro atoms. The lowest BCUT2D eigenvalue weighted by Gasteiger charge is -2.15. The van der Waals surface area contributed by atoms with E-state index in [1.54, 1.807) is 18.3 Å². The maximum absolute atomic E-state index is 13.3. The van der Waals surface area contributed by atoms with Crippen molar-refractivity contribution in [3.8, 4) is 5.88 Å². The van der Waals surface area contributed by atoms with Crippen molar-refractivity contribution in [1.82, 2.24) is 10.3 Å². The van der Waals surface area contributed by atoms with E-state index >= 15 is 0 Å². The summed E-state index contributed by atoms with van der Waals surface area (Å²) in [5.74, 6) is 0.410. The maximum atomic E-state index is 13.3. The minimum Gasteiger partial charge on any atom is -0.472 e. The molecule has 122 valence electrons. The fourth-order valence-electron chi connectivity index (χ4n) is 2.57. The molecule has 1 aromatic heterocycles. The van der Waals surface area contributed by atoms with Crippen molar-refractivity contribution in [3.05, 3.63) is 59.5 Å². The summed E-state index contributed by atoms with van der Waals surface area (Å²) in [6.07, 6.45) is 2.74. The molecule has 2 aromatic rings. The fourth-order valence-corrected chi connectivity index (χ4v) is 2.57. The highest BCUT2D eigenvalue weighted by Gasteiger charge is 2.17. The molecule has 1 aromatic carbocycles. The third kappa shape index (κ3) is 4.50. The van der Waals surface area contributed by atoms with Gasteiger partial charge in [-0.15, -0.1) is 0 Å². The highest BCUT2D eigenvalue weighted by molar-refractivity contribution is 5.22. The van der Waals surface area contributed by atoms with Gasteiger partial charge in [-0.3, -0.25) is 0 Å². The minimum absolute atomic E-state index is 0.0615. The van der Waals surface area contributed by atoms with E-state index in [0.29, 0.717) is 19.0 Å². The van der Waals surface area contributed by atoms with Gasteiger partial charge in [0.25, 0.3) is 0 Å². The Bertz CT molecular complexity index is 644. The number of nitrogens with zero attached hydrogens (tertiary/aromatic N) is 1. The second kappa shape index (κ2) is 7.53. The van der Waals surface area contributed by atoms with Crippen LogP contribution in [0.15, 0.2) is 42.6 Å². The number of nitrogens with one attached hydrogen (secondary N) is 1. The van der Waals surface area contributed by atoms with Crippen molar-refractivity contribution in [3.63, 3.8) is 0 Å². The molecule has 1 N–H and O–H groups in total. The zero-order valence-corrected chi connectivity index (χ0v) is 13.2. The second-order valence-corrected chi connectivity index (χ2v) is 5.76. The lowest BCUT2D eigenvalue weighted by molar-refractivity contribution is 0.138. The van der Waals surface area contributed by atoms with Gasteiger partial charge >= 0.3 is 0 Å². The van der Waals surface area contributed by atoms with Gasteiger partial charge in [-0.25, -0.2) is 9.37 Å². The van der Waals surface area contributed by atoms with Gasteiger partial charge in [0.2, 0.25) is 5.88 Å². The van der Waals surface area contributed by atoms with Gasteiger partial charge in [-0.05, 0) is 36.2 Å². The molecule has 2 heterocycles. The summed E-state index contributed by atoms with van der Waals surface area (Å²) in [5, 5.41) is 3.39. The molecule has 3 rings (SSSR count). The summed E-state index contributed by atoms with van der Waals surface area (Å²) in [6, 6.07) is 10.6. The van der Waals surface area contributed by atoms with Crippen LogP contribution >= 0.6 is 0 Å². The normalized spacial score (nSPS) is 18.8. The first-order valence-electron chi connectivity index (χ1n) is 7.89. The number of rotatable bonds is 6. The van der Waals surface area contributed by atoms with Crippen LogP contribution in [0.3, 0.4) is 0 Å². The van der Waals surface area contributed by atoms with Crippen LogP contribution in [0.1, 0.15) is 30.5 Å². The van der Waals surface area contributed by atoms with Crippen LogP contribution in [-0.4, -0.2) is 24.3 Å². The van der Waals surface area contributed by atoms with Crippen molar-refractivity contribution in [2.45, 2.75) is 32.0 Å². The minimum atomic E-state index is -0.213. The van der Waals surface area contributed by atoms with Gasteiger partial charge in [0, 0.05) is 31.3 Å². The first kappa shape index (κ1) is 15.9. The summed E-state index contributed by atoms with van der Waals surface area (Å²) < 4.78 is 24.4.